The fraction of sp³-hybridized carbons (Fsp3) is 0.480. The summed E-state index contributed by atoms with van der Waals surface area (Å²) in [5, 5.41) is 15.9. The van der Waals surface area contributed by atoms with Crippen molar-refractivity contribution in [1.82, 2.24) is 20.0 Å². The second-order valence-electron chi connectivity index (χ2n) is 9.02. The molecule has 1 saturated carbocycles. The SMILES string of the molecule is O=C(CN1CCN(Cc2cccc3ccccc23)CC1)Nc1nnc(C2CCCCC2)s1. The Morgan fingerprint density at radius 2 is 1.69 bits per heavy atom. The van der Waals surface area contributed by atoms with Crippen LogP contribution in [0.25, 0.3) is 10.8 Å². The maximum Gasteiger partial charge on any atom is 0.240 e. The van der Waals surface area contributed by atoms with Gasteiger partial charge in [-0.05, 0) is 29.2 Å². The van der Waals surface area contributed by atoms with Crippen LogP contribution in [0.1, 0.15) is 48.6 Å². The predicted octanol–water partition coefficient (Wildman–Crippen LogP) is 4.50. The summed E-state index contributed by atoms with van der Waals surface area (Å²) in [6, 6.07) is 15.1. The Morgan fingerprint density at radius 1 is 0.938 bits per heavy atom. The van der Waals surface area contributed by atoms with Crippen LogP contribution in [0.15, 0.2) is 42.5 Å². The fourth-order valence-corrected chi connectivity index (χ4v) is 5.87. The summed E-state index contributed by atoms with van der Waals surface area (Å²) < 4.78 is 0. The average Bonchev–Trinajstić information content (AvgIpc) is 3.29. The maximum atomic E-state index is 12.6. The molecular weight excluding hydrogens is 418 g/mol. The van der Waals surface area contributed by atoms with E-state index in [4.69, 9.17) is 0 Å². The molecule has 1 amide bonds. The van der Waals surface area contributed by atoms with E-state index in [2.05, 4.69) is 67.8 Å². The van der Waals surface area contributed by atoms with Gasteiger partial charge < -0.3 is 0 Å². The van der Waals surface area contributed by atoms with E-state index < -0.39 is 0 Å². The topological polar surface area (TPSA) is 61.4 Å². The number of rotatable bonds is 6. The first-order chi connectivity index (χ1) is 15.7. The first-order valence-corrected chi connectivity index (χ1v) is 12.6. The molecule has 2 fully saturated rings. The van der Waals surface area contributed by atoms with E-state index in [-0.39, 0.29) is 5.91 Å². The number of amides is 1. The van der Waals surface area contributed by atoms with Crippen molar-refractivity contribution in [1.29, 1.82) is 0 Å². The van der Waals surface area contributed by atoms with E-state index in [0.29, 0.717) is 17.6 Å². The van der Waals surface area contributed by atoms with E-state index in [1.165, 1.54) is 48.4 Å². The number of nitrogens with zero attached hydrogens (tertiary/aromatic N) is 4. The van der Waals surface area contributed by atoms with Crippen molar-refractivity contribution in [3.8, 4) is 0 Å². The third kappa shape index (κ3) is 5.17. The molecule has 1 saturated heterocycles. The Hall–Kier alpha value is -2.35. The van der Waals surface area contributed by atoms with Crippen LogP contribution in [-0.2, 0) is 11.3 Å². The van der Waals surface area contributed by atoms with Crippen LogP contribution in [0, 0.1) is 0 Å². The minimum absolute atomic E-state index is 0.0128. The summed E-state index contributed by atoms with van der Waals surface area (Å²) >= 11 is 1.55. The van der Waals surface area contributed by atoms with Crippen molar-refractivity contribution in [2.24, 2.45) is 0 Å². The molecule has 168 valence electrons. The number of benzene rings is 2. The average molecular weight is 450 g/mol. The van der Waals surface area contributed by atoms with Crippen LogP contribution < -0.4 is 5.32 Å². The highest BCUT2D eigenvalue weighted by Gasteiger charge is 2.22. The summed E-state index contributed by atoms with van der Waals surface area (Å²) in [5.74, 6) is 0.542. The lowest BCUT2D eigenvalue weighted by molar-refractivity contribution is -0.117. The van der Waals surface area contributed by atoms with Gasteiger partial charge >= 0.3 is 0 Å². The summed E-state index contributed by atoms with van der Waals surface area (Å²) in [5.41, 5.74) is 1.37. The number of fused-ring (bicyclic) bond motifs is 1. The summed E-state index contributed by atoms with van der Waals surface area (Å²) in [6.07, 6.45) is 6.28. The second-order valence-corrected chi connectivity index (χ2v) is 10.0. The molecule has 1 aliphatic heterocycles. The van der Waals surface area contributed by atoms with Gasteiger partial charge in [0.25, 0.3) is 0 Å². The molecule has 1 aromatic heterocycles. The van der Waals surface area contributed by atoms with E-state index in [1.807, 2.05) is 0 Å². The van der Waals surface area contributed by atoms with Crippen molar-refractivity contribution >= 4 is 33.1 Å². The molecule has 2 aliphatic rings. The third-order valence-electron chi connectivity index (χ3n) is 6.75. The summed E-state index contributed by atoms with van der Waals surface area (Å²) in [7, 11) is 0. The number of hydrogen-bond donors (Lipinski definition) is 1. The molecule has 5 rings (SSSR count). The molecule has 2 aromatic carbocycles. The number of nitrogens with one attached hydrogen (secondary N) is 1. The molecule has 32 heavy (non-hydrogen) atoms. The quantitative estimate of drug-likeness (QED) is 0.601. The molecule has 7 heteroatoms. The maximum absolute atomic E-state index is 12.6. The molecule has 0 atom stereocenters. The zero-order valence-electron chi connectivity index (χ0n) is 18.5. The van der Waals surface area contributed by atoms with Gasteiger partial charge in [-0.25, -0.2) is 0 Å². The number of carbonyl (C=O) groups excluding carboxylic acids is 1. The van der Waals surface area contributed by atoms with Crippen molar-refractivity contribution in [2.45, 2.75) is 44.6 Å². The van der Waals surface area contributed by atoms with Gasteiger partial charge in [-0.3, -0.25) is 19.9 Å². The van der Waals surface area contributed by atoms with E-state index in [0.717, 1.165) is 37.7 Å². The van der Waals surface area contributed by atoms with Crippen molar-refractivity contribution in [3.05, 3.63) is 53.0 Å². The van der Waals surface area contributed by atoms with Gasteiger partial charge in [0.2, 0.25) is 11.0 Å². The van der Waals surface area contributed by atoms with Crippen LogP contribution >= 0.6 is 11.3 Å². The normalized spacial score (nSPS) is 18.8. The first kappa shape index (κ1) is 21.5. The standard InChI is InChI=1S/C25H31N5OS/c31-23(26-25-28-27-24(32-25)20-8-2-1-3-9-20)18-30-15-13-29(14-16-30)17-21-11-6-10-19-7-4-5-12-22(19)21/h4-7,10-12,20H,1-3,8-9,13-18H2,(H,26,28,31). The van der Waals surface area contributed by atoms with Crippen LogP contribution in [0.3, 0.4) is 0 Å². The Morgan fingerprint density at radius 3 is 2.53 bits per heavy atom. The van der Waals surface area contributed by atoms with Crippen LogP contribution in [-0.4, -0.2) is 58.6 Å². The monoisotopic (exact) mass is 449 g/mol. The molecule has 1 aliphatic carbocycles. The van der Waals surface area contributed by atoms with Gasteiger partial charge in [0, 0.05) is 38.6 Å². The van der Waals surface area contributed by atoms with Crippen LogP contribution in [0.2, 0.25) is 0 Å². The molecular formula is C25H31N5OS. The van der Waals surface area contributed by atoms with Gasteiger partial charge in [0.1, 0.15) is 5.01 Å². The summed E-state index contributed by atoms with van der Waals surface area (Å²) in [6.45, 7) is 5.13. The first-order valence-electron chi connectivity index (χ1n) is 11.8. The number of aromatic nitrogens is 2. The minimum Gasteiger partial charge on any atom is -0.299 e. The molecule has 0 spiro atoms. The van der Waals surface area contributed by atoms with Crippen molar-refractivity contribution < 1.29 is 4.79 Å². The summed E-state index contributed by atoms with van der Waals surface area (Å²) in [4.78, 5) is 17.3. The van der Waals surface area contributed by atoms with E-state index in [1.54, 1.807) is 11.3 Å². The molecule has 1 N–H and O–H groups in total. The van der Waals surface area contributed by atoms with Gasteiger partial charge in [0.15, 0.2) is 0 Å². The number of carbonyl (C=O) groups is 1. The molecule has 2 heterocycles. The Kier molecular flexibility index (Phi) is 6.76. The zero-order valence-corrected chi connectivity index (χ0v) is 19.3. The van der Waals surface area contributed by atoms with E-state index in [9.17, 15) is 4.79 Å². The second kappa shape index (κ2) is 10.1. The van der Waals surface area contributed by atoms with Crippen molar-refractivity contribution in [3.63, 3.8) is 0 Å². The number of anilines is 1. The van der Waals surface area contributed by atoms with Gasteiger partial charge in [-0.1, -0.05) is 73.1 Å². The highest BCUT2D eigenvalue weighted by atomic mass is 32.1. The molecule has 0 unspecified atom stereocenters. The zero-order chi connectivity index (χ0) is 21.8. The lowest BCUT2D eigenvalue weighted by Crippen LogP contribution is -2.48. The molecule has 3 aromatic rings. The Bertz CT molecular complexity index is 1050. The molecule has 0 bridgehead atoms. The van der Waals surface area contributed by atoms with Gasteiger partial charge in [-0.15, -0.1) is 10.2 Å². The Balaban J connectivity index is 1.09. The highest BCUT2D eigenvalue weighted by Crippen LogP contribution is 2.35. The third-order valence-corrected chi connectivity index (χ3v) is 7.75. The minimum atomic E-state index is 0.0128. The largest absolute Gasteiger partial charge is 0.299 e. The molecule has 6 nitrogen and oxygen atoms in total. The van der Waals surface area contributed by atoms with Crippen LogP contribution in [0.5, 0.6) is 0 Å². The lowest BCUT2D eigenvalue weighted by atomic mass is 9.90. The van der Waals surface area contributed by atoms with Gasteiger partial charge in [-0.2, -0.15) is 0 Å². The molecule has 0 radical (unpaired) electrons. The van der Waals surface area contributed by atoms with Crippen LogP contribution in [0.4, 0.5) is 5.13 Å². The highest BCUT2D eigenvalue weighted by molar-refractivity contribution is 7.15. The lowest BCUT2D eigenvalue weighted by Gasteiger charge is -2.34. The fourth-order valence-electron chi connectivity index (χ4n) is 4.94. The number of hydrogen-bond acceptors (Lipinski definition) is 6. The number of piperazine rings is 1. The van der Waals surface area contributed by atoms with Gasteiger partial charge in [0.05, 0.1) is 6.54 Å². The Labute approximate surface area is 193 Å². The smallest absolute Gasteiger partial charge is 0.240 e. The van der Waals surface area contributed by atoms with Crippen molar-refractivity contribution in [2.75, 3.05) is 38.0 Å². The predicted molar refractivity (Wildman–Crippen MR) is 130 cm³/mol. The van der Waals surface area contributed by atoms with E-state index >= 15 is 0 Å².